The molecule has 14 heavy (non-hydrogen) atoms. The van der Waals surface area contributed by atoms with Gasteiger partial charge in [0.15, 0.2) is 11.6 Å². The van der Waals surface area contributed by atoms with Crippen LogP contribution in [0.25, 0.3) is 0 Å². The van der Waals surface area contributed by atoms with Crippen LogP contribution in [0, 0.1) is 5.82 Å². The monoisotopic (exact) mass is 261 g/mol. The largest absolute Gasteiger partial charge is 0.486 e. The van der Waals surface area contributed by atoms with E-state index in [9.17, 15) is 4.39 Å². The molecule has 0 aliphatic heterocycles. The second-order valence-electron chi connectivity index (χ2n) is 2.96. The maximum atomic E-state index is 13.3. The number of benzene rings is 1. The normalized spacial score (nSPS) is 12.6. The van der Waals surface area contributed by atoms with Gasteiger partial charge in [0.05, 0.1) is 0 Å². The zero-order valence-corrected chi connectivity index (χ0v) is 9.55. The van der Waals surface area contributed by atoms with E-state index in [0.29, 0.717) is 11.0 Å². The van der Waals surface area contributed by atoms with Gasteiger partial charge in [0.25, 0.3) is 0 Å². The van der Waals surface area contributed by atoms with Crippen molar-refractivity contribution in [3.8, 4) is 5.75 Å². The Balaban J connectivity index is 2.76. The Hall–Kier alpha value is -0.610. The van der Waals surface area contributed by atoms with Crippen LogP contribution in [0.2, 0.25) is 0 Å². The van der Waals surface area contributed by atoms with Crippen molar-refractivity contribution in [3.05, 3.63) is 28.5 Å². The highest BCUT2D eigenvalue weighted by atomic mass is 79.9. The summed E-state index contributed by atoms with van der Waals surface area (Å²) in [7, 11) is 0. The van der Waals surface area contributed by atoms with Crippen molar-refractivity contribution in [2.45, 2.75) is 19.4 Å². The minimum Gasteiger partial charge on any atom is -0.486 e. The number of halogens is 2. The summed E-state index contributed by atoms with van der Waals surface area (Å²) >= 11 is 3.18. The number of rotatable bonds is 4. The fraction of sp³-hybridized carbons (Fsp3) is 0.400. The van der Waals surface area contributed by atoms with E-state index in [1.807, 2.05) is 6.92 Å². The van der Waals surface area contributed by atoms with E-state index in [0.717, 1.165) is 6.42 Å². The van der Waals surface area contributed by atoms with Crippen molar-refractivity contribution in [3.63, 3.8) is 0 Å². The van der Waals surface area contributed by atoms with E-state index >= 15 is 0 Å². The third kappa shape index (κ3) is 2.96. The van der Waals surface area contributed by atoms with Crippen LogP contribution < -0.4 is 10.5 Å². The Kier molecular flexibility index (Phi) is 4.35. The quantitative estimate of drug-likeness (QED) is 0.905. The molecule has 1 aromatic rings. The highest BCUT2D eigenvalue weighted by Crippen LogP contribution is 2.22. The number of ether oxygens (including phenoxy) is 1. The Morgan fingerprint density at radius 2 is 2.29 bits per heavy atom. The first-order valence-electron chi connectivity index (χ1n) is 4.49. The maximum absolute atomic E-state index is 13.3. The van der Waals surface area contributed by atoms with Crippen LogP contribution >= 0.6 is 15.9 Å². The molecule has 0 aromatic heterocycles. The summed E-state index contributed by atoms with van der Waals surface area (Å²) in [6.07, 6.45) is 0.650. The molecule has 0 saturated carbocycles. The molecular weight excluding hydrogens is 249 g/mol. The van der Waals surface area contributed by atoms with Gasteiger partial charge in [-0.25, -0.2) is 4.39 Å². The Bertz CT molecular complexity index is 302. The van der Waals surface area contributed by atoms with Gasteiger partial charge in [-0.1, -0.05) is 22.9 Å². The topological polar surface area (TPSA) is 35.2 Å². The SMILES string of the molecule is CCC(CN)Oc1ccc(Br)cc1F. The van der Waals surface area contributed by atoms with Crippen molar-refractivity contribution < 1.29 is 9.13 Å². The number of hydrogen-bond acceptors (Lipinski definition) is 2. The van der Waals surface area contributed by atoms with Crippen LogP contribution in [0.5, 0.6) is 5.75 Å². The molecule has 1 atom stereocenters. The van der Waals surface area contributed by atoms with Crippen LogP contribution in [0.4, 0.5) is 4.39 Å². The second kappa shape index (κ2) is 5.32. The highest BCUT2D eigenvalue weighted by Gasteiger charge is 2.09. The molecule has 1 aromatic carbocycles. The zero-order valence-electron chi connectivity index (χ0n) is 7.97. The Morgan fingerprint density at radius 3 is 2.79 bits per heavy atom. The average molecular weight is 262 g/mol. The molecule has 0 amide bonds. The molecule has 2 N–H and O–H groups in total. The van der Waals surface area contributed by atoms with Crippen molar-refractivity contribution in [2.75, 3.05) is 6.54 Å². The summed E-state index contributed by atoms with van der Waals surface area (Å²) in [5.74, 6) is -0.114. The van der Waals surface area contributed by atoms with Gasteiger partial charge in [-0.2, -0.15) is 0 Å². The van der Waals surface area contributed by atoms with Crippen molar-refractivity contribution in [1.82, 2.24) is 0 Å². The molecule has 0 radical (unpaired) electrons. The van der Waals surface area contributed by atoms with Gasteiger partial charge in [-0.15, -0.1) is 0 Å². The summed E-state index contributed by atoms with van der Waals surface area (Å²) in [5, 5.41) is 0. The standard InChI is InChI=1S/C10H13BrFNO/c1-2-8(6-13)14-10-4-3-7(11)5-9(10)12/h3-5,8H,2,6,13H2,1H3. The van der Waals surface area contributed by atoms with Gasteiger partial charge in [-0.05, 0) is 24.6 Å². The minimum absolute atomic E-state index is 0.120. The predicted octanol–water partition coefficient (Wildman–Crippen LogP) is 2.70. The van der Waals surface area contributed by atoms with E-state index in [1.54, 1.807) is 12.1 Å². The van der Waals surface area contributed by atoms with E-state index in [-0.39, 0.29) is 17.7 Å². The number of hydrogen-bond donors (Lipinski definition) is 1. The first-order chi connectivity index (χ1) is 6.67. The van der Waals surface area contributed by atoms with Crippen molar-refractivity contribution in [2.24, 2.45) is 5.73 Å². The van der Waals surface area contributed by atoms with Crippen molar-refractivity contribution >= 4 is 15.9 Å². The van der Waals surface area contributed by atoms with Gasteiger partial charge in [0.2, 0.25) is 0 Å². The summed E-state index contributed by atoms with van der Waals surface area (Å²) in [6.45, 7) is 2.35. The van der Waals surface area contributed by atoms with E-state index in [4.69, 9.17) is 10.5 Å². The molecule has 0 aliphatic rings. The van der Waals surface area contributed by atoms with Crippen LogP contribution in [0.3, 0.4) is 0 Å². The molecule has 0 saturated heterocycles. The second-order valence-corrected chi connectivity index (χ2v) is 3.87. The van der Waals surface area contributed by atoms with Gasteiger partial charge < -0.3 is 10.5 Å². The smallest absolute Gasteiger partial charge is 0.166 e. The van der Waals surface area contributed by atoms with E-state index < -0.39 is 0 Å². The lowest BCUT2D eigenvalue weighted by Crippen LogP contribution is -2.26. The highest BCUT2D eigenvalue weighted by molar-refractivity contribution is 9.10. The fourth-order valence-corrected chi connectivity index (χ4v) is 1.38. The molecule has 4 heteroatoms. The third-order valence-corrected chi connectivity index (χ3v) is 2.40. The molecule has 78 valence electrons. The van der Waals surface area contributed by atoms with E-state index in [1.165, 1.54) is 6.07 Å². The van der Waals surface area contributed by atoms with Gasteiger partial charge in [-0.3, -0.25) is 0 Å². The van der Waals surface area contributed by atoms with Crippen molar-refractivity contribution in [1.29, 1.82) is 0 Å². The Labute approximate surface area is 91.4 Å². The Morgan fingerprint density at radius 1 is 1.57 bits per heavy atom. The maximum Gasteiger partial charge on any atom is 0.166 e. The molecule has 2 nitrogen and oxygen atoms in total. The van der Waals surface area contributed by atoms with Crippen LogP contribution in [0.15, 0.2) is 22.7 Å². The zero-order chi connectivity index (χ0) is 10.6. The van der Waals surface area contributed by atoms with Crippen LogP contribution in [-0.2, 0) is 0 Å². The number of nitrogens with two attached hydrogens (primary N) is 1. The van der Waals surface area contributed by atoms with Crippen LogP contribution in [-0.4, -0.2) is 12.6 Å². The van der Waals surface area contributed by atoms with Crippen LogP contribution in [0.1, 0.15) is 13.3 Å². The molecule has 0 fully saturated rings. The minimum atomic E-state index is -0.369. The molecule has 0 spiro atoms. The molecule has 0 bridgehead atoms. The van der Waals surface area contributed by atoms with E-state index in [2.05, 4.69) is 15.9 Å². The molecule has 0 aliphatic carbocycles. The summed E-state index contributed by atoms with van der Waals surface area (Å²) in [6, 6.07) is 4.71. The van der Waals surface area contributed by atoms with Gasteiger partial charge >= 0.3 is 0 Å². The molecule has 1 unspecified atom stereocenters. The third-order valence-electron chi connectivity index (χ3n) is 1.91. The molecule has 1 rings (SSSR count). The average Bonchev–Trinajstić information content (AvgIpc) is 2.17. The molecular formula is C10H13BrFNO. The predicted molar refractivity (Wildman–Crippen MR) is 57.9 cm³/mol. The first kappa shape index (κ1) is 11.5. The lowest BCUT2D eigenvalue weighted by molar-refractivity contribution is 0.196. The lowest BCUT2D eigenvalue weighted by Gasteiger charge is -2.15. The van der Waals surface area contributed by atoms with Gasteiger partial charge in [0, 0.05) is 11.0 Å². The summed E-state index contributed by atoms with van der Waals surface area (Å²) in [5.41, 5.74) is 5.45. The summed E-state index contributed by atoms with van der Waals surface area (Å²) < 4.78 is 19.4. The lowest BCUT2D eigenvalue weighted by atomic mass is 10.2. The van der Waals surface area contributed by atoms with Gasteiger partial charge in [0.1, 0.15) is 6.10 Å². The molecule has 0 heterocycles. The first-order valence-corrected chi connectivity index (χ1v) is 5.28. The fourth-order valence-electron chi connectivity index (χ4n) is 1.05. The summed E-state index contributed by atoms with van der Waals surface area (Å²) in [4.78, 5) is 0.